The van der Waals surface area contributed by atoms with E-state index in [2.05, 4.69) is 0 Å². The number of amides is 2. The molecule has 0 saturated carbocycles. The summed E-state index contributed by atoms with van der Waals surface area (Å²) < 4.78 is 0. The van der Waals surface area contributed by atoms with Crippen molar-refractivity contribution >= 4 is 29.0 Å². The van der Waals surface area contributed by atoms with Gasteiger partial charge in [0.15, 0.2) is 0 Å². The molecule has 106 valence electrons. The van der Waals surface area contributed by atoms with Gasteiger partial charge >= 0.3 is 0 Å². The number of thioether (sulfide) groups is 1. The molecule has 1 aromatic rings. The van der Waals surface area contributed by atoms with Crippen LogP contribution in [-0.2, 0) is 4.79 Å². The van der Waals surface area contributed by atoms with Crippen molar-refractivity contribution in [1.82, 2.24) is 4.90 Å². The molecular weight excluding hydrogens is 274 g/mol. The molecule has 4 nitrogen and oxygen atoms in total. The van der Waals surface area contributed by atoms with Crippen molar-refractivity contribution in [3.63, 3.8) is 0 Å². The molecule has 2 amide bonds. The van der Waals surface area contributed by atoms with Crippen LogP contribution in [0.4, 0.5) is 4.79 Å². The highest BCUT2D eigenvalue weighted by Gasteiger charge is 2.34. The number of hydrogen-bond donors (Lipinski definition) is 1. The van der Waals surface area contributed by atoms with Gasteiger partial charge in [0.05, 0.1) is 4.91 Å². The van der Waals surface area contributed by atoms with Crippen LogP contribution in [0.2, 0.25) is 0 Å². The van der Waals surface area contributed by atoms with Gasteiger partial charge in [-0.05, 0) is 66.9 Å². The van der Waals surface area contributed by atoms with Crippen molar-refractivity contribution in [3.05, 3.63) is 33.7 Å². The Balaban J connectivity index is 2.33. The molecule has 1 fully saturated rings. The zero-order valence-electron chi connectivity index (χ0n) is 11.8. The van der Waals surface area contributed by atoms with E-state index in [1.165, 1.54) is 4.90 Å². The number of carbonyl (C=O) groups is 2. The number of imide groups is 1. The number of hydrogen-bond acceptors (Lipinski definition) is 4. The maximum absolute atomic E-state index is 12.1. The van der Waals surface area contributed by atoms with Gasteiger partial charge in [0.25, 0.3) is 11.1 Å². The molecule has 0 unspecified atom stereocenters. The smallest absolute Gasteiger partial charge is 0.293 e. The van der Waals surface area contributed by atoms with E-state index in [4.69, 9.17) is 0 Å². The molecule has 0 radical (unpaired) electrons. The van der Waals surface area contributed by atoms with Gasteiger partial charge in [0.2, 0.25) is 0 Å². The summed E-state index contributed by atoms with van der Waals surface area (Å²) in [5.41, 5.74) is 2.33. The lowest BCUT2D eigenvalue weighted by molar-refractivity contribution is -0.122. The first-order valence-electron chi connectivity index (χ1n) is 6.49. The molecule has 1 aliphatic heterocycles. The number of aryl methyl sites for hydroxylation is 2. The monoisotopic (exact) mass is 291 g/mol. The standard InChI is InChI=1S/C15H17NO3S/c1-4-5-16-14(18)12(20-15(16)19)8-11-6-9(2)13(17)10(3)7-11/h6-8,17H,4-5H2,1-3H3. The van der Waals surface area contributed by atoms with E-state index >= 15 is 0 Å². The second-order valence-electron chi connectivity index (χ2n) is 4.84. The highest BCUT2D eigenvalue weighted by molar-refractivity contribution is 8.18. The highest BCUT2D eigenvalue weighted by Crippen LogP contribution is 2.33. The van der Waals surface area contributed by atoms with Gasteiger partial charge < -0.3 is 5.11 Å². The molecule has 1 aromatic carbocycles. The summed E-state index contributed by atoms with van der Waals surface area (Å²) in [6.07, 6.45) is 2.46. The normalized spacial score (nSPS) is 17.4. The SMILES string of the molecule is CCCN1C(=O)SC(=Cc2cc(C)c(O)c(C)c2)C1=O. The van der Waals surface area contributed by atoms with Crippen LogP contribution >= 0.6 is 11.8 Å². The Morgan fingerprint density at radius 1 is 1.25 bits per heavy atom. The van der Waals surface area contributed by atoms with Crippen molar-refractivity contribution in [3.8, 4) is 5.75 Å². The molecule has 1 N–H and O–H groups in total. The minimum atomic E-state index is -0.231. The molecule has 0 spiro atoms. The van der Waals surface area contributed by atoms with Gasteiger partial charge in [-0.25, -0.2) is 0 Å². The summed E-state index contributed by atoms with van der Waals surface area (Å²) >= 11 is 0.969. The summed E-state index contributed by atoms with van der Waals surface area (Å²) in [5.74, 6) is 0.0338. The lowest BCUT2D eigenvalue weighted by atomic mass is 10.1. The predicted octanol–water partition coefficient (Wildman–Crippen LogP) is 3.46. The molecular formula is C15H17NO3S. The average molecular weight is 291 g/mol. The third kappa shape index (κ3) is 2.72. The Labute approximate surface area is 122 Å². The molecule has 0 aliphatic carbocycles. The van der Waals surface area contributed by atoms with Gasteiger partial charge in [0, 0.05) is 6.54 Å². The summed E-state index contributed by atoms with van der Waals surface area (Å²) in [6, 6.07) is 3.60. The third-order valence-corrected chi connectivity index (χ3v) is 4.04. The molecule has 1 saturated heterocycles. The first kappa shape index (κ1) is 14.7. The van der Waals surface area contributed by atoms with Crippen LogP contribution in [0, 0.1) is 13.8 Å². The van der Waals surface area contributed by atoms with Crippen molar-refractivity contribution in [1.29, 1.82) is 0 Å². The predicted molar refractivity (Wildman–Crippen MR) is 80.5 cm³/mol. The first-order valence-corrected chi connectivity index (χ1v) is 7.31. The molecule has 2 rings (SSSR count). The first-order chi connectivity index (χ1) is 9.43. The molecule has 20 heavy (non-hydrogen) atoms. The van der Waals surface area contributed by atoms with Crippen molar-refractivity contribution < 1.29 is 14.7 Å². The quantitative estimate of drug-likeness (QED) is 0.867. The van der Waals surface area contributed by atoms with Crippen molar-refractivity contribution in [2.24, 2.45) is 0 Å². The van der Waals surface area contributed by atoms with E-state index in [9.17, 15) is 14.7 Å². The number of rotatable bonds is 3. The van der Waals surface area contributed by atoms with E-state index in [0.717, 1.165) is 34.9 Å². The highest BCUT2D eigenvalue weighted by atomic mass is 32.2. The molecule has 0 atom stereocenters. The second-order valence-corrected chi connectivity index (χ2v) is 5.83. The summed E-state index contributed by atoms with van der Waals surface area (Å²) in [7, 11) is 0. The van der Waals surface area contributed by atoms with E-state index in [1.54, 1.807) is 18.2 Å². The minimum Gasteiger partial charge on any atom is -0.507 e. The number of nitrogens with zero attached hydrogens (tertiary/aromatic N) is 1. The lowest BCUT2D eigenvalue weighted by Crippen LogP contribution is -2.28. The number of aromatic hydroxyl groups is 1. The van der Waals surface area contributed by atoms with Crippen LogP contribution in [0.15, 0.2) is 17.0 Å². The van der Waals surface area contributed by atoms with Crippen LogP contribution in [0.3, 0.4) is 0 Å². The topological polar surface area (TPSA) is 57.6 Å². The number of phenolic OH excluding ortho intramolecular Hbond substituents is 1. The summed E-state index contributed by atoms with van der Waals surface area (Å²) in [6.45, 7) is 6.00. The third-order valence-electron chi connectivity index (χ3n) is 3.13. The number of carbonyl (C=O) groups excluding carboxylic acids is 2. The van der Waals surface area contributed by atoms with Gasteiger partial charge in [0.1, 0.15) is 5.75 Å². The van der Waals surface area contributed by atoms with Gasteiger partial charge in [-0.15, -0.1) is 0 Å². The average Bonchev–Trinajstić information content (AvgIpc) is 2.64. The number of phenols is 1. The van der Waals surface area contributed by atoms with Crippen molar-refractivity contribution in [2.75, 3.05) is 6.54 Å². The Hall–Kier alpha value is -1.75. The van der Waals surface area contributed by atoms with Crippen molar-refractivity contribution in [2.45, 2.75) is 27.2 Å². The Morgan fingerprint density at radius 2 is 1.85 bits per heavy atom. The molecule has 1 heterocycles. The van der Waals surface area contributed by atoms with E-state index < -0.39 is 0 Å². The molecule has 0 bridgehead atoms. The maximum Gasteiger partial charge on any atom is 0.293 e. The van der Waals surface area contributed by atoms with Crippen LogP contribution < -0.4 is 0 Å². The van der Waals surface area contributed by atoms with Crippen LogP contribution in [-0.4, -0.2) is 27.7 Å². The molecule has 1 aliphatic rings. The Kier molecular flexibility index (Phi) is 4.18. The van der Waals surface area contributed by atoms with Crippen LogP contribution in [0.1, 0.15) is 30.0 Å². The van der Waals surface area contributed by atoms with Gasteiger partial charge in [-0.3, -0.25) is 14.5 Å². The zero-order chi connectivity index (χ0) is 14.9. The molecule has 5 heteroatoms. The molecule has 0 aromatic heterocycles. The van der Waals surface area contributed by atoms with Crippen LogP contribution in [0.5, 0.6) is 5.75 Å². The Morgan fingerprint density at radius 3 is 2.40 bits per heavy atom. The second kappa shape index (κ2) is 5.71. The fraction of sp³-hybridized carbons (Fsp3) is 0.333. The fourth-order valence-electron chi connectivity index (χ4n) is 2.14. The number of benzene rings is 1. The lowest BCUT2D eigenvalue weighted by Gasteiger charge is -2.09. The summed E-state index contributed by atoms with van der Waals surface area (Å²) in [4.78, 5) is 25.6. The maximum atomic E-state index is 12.1. The van der Waals surface area contributed by atoms with Crippen LogP contribution in [0.25, 0.3) is 6.08 Å². The fourth-order valence-corrected chi connectivity index (χ4v) is 3.01. The van der Waals surface area contributed by atoms with E-state index in [1.807, 2.05) is 20.8 Å². The largest absolute Gasteiger partial charge is 0.507 e. The van der Waals surface area contributed by atoms with Gasteiger partial charge in [-0.2, -0.15) is 0 Å². The summed E-state index contributed by atoms with van der Waals surface area (Å²) in [5, 5.41) is 9.53. The minimum absolute atomic E-state index is 0.213. The Bertz CT molecular complexity index is 584. The van der Waals surface area contributed by atoms with Gasteiger partial charge in [-0.1, -0.05) is 6.92 Å². The van der Waals surface area contributed by atoms with E-state index in [0.29, 0.717) is 11.4 Å². The van der Waals surface area contributed by atoms with E-state index in [-0.39, 0.29) is 16.9 Å². The zero-order valence-corrected chi connectivity index (χ0v) is 12.6.